The third-order valence-corrected chi connectivity index (χ3v) is 1.12. The van der Waals surface area contributed by atoms with E-state index in [1.807, 2.05) is 0 Å². The number of rotatable bonds is 1. The molecule has 4 nitrogen and oxygen atoms in total. The van der Waals surface area contributed by atoms with E-state index >= 15 is 0 Å². The zero-order valence-electron chi connectivity index (χ0n) is 5.29. The van der Waals surface area contributed by atoms with E-state index in [-0.39, 0.29) is 11.4 Å². The van der Waals surface area contributed by atoms with Gasteiger partial charge in [0.05, 0.1) is 11.9 Å². The summed E-state index contributed by atoms with van der Waals surface area (Å²) in [5.74, 6) is 0.207. The minimum Gasteiger partial charge on any atom is -0.383 e. The van der Waals surface area contributed by atoms with Gasteiger partial charge >= 0.3 is 0 Å². The molecule has 1 heterocycles. The van der Waals surface area contributed by atoms with Crippen LogP contribution in [0.3, 0.4) is 0 Å². The maximum atomic E-state index is 10.8. The smallest absolute Gasteiger partial charge is 0.260 e. The molecule has 0 unspecified atom stereocenters. The summed E-state index contributed by atoms with van der Waals surface area (Å²) in [5.41, 5.74) is 5.39. The van der Waals surface area contributed by atoms with Crippen molar-refractivity contribution < 1.29 is 0 Å². The van der Waals surface area contributed by atoms with Crippen molar-refractivity contribution in [1.29, 1.82) is 0 Å². The van der Waals surface area contributed by atoms with Gasteiger partial charge in [0, 0.05) is 0 Å². The first-order valence-electron chi connectivity index (χ1n) is 2.71. The molecule has 0 spiro atoms. The number of nitrogens with zero attached hydrogens (tertiary/aromatic N) is 1. The fourth-order valence-corrected chi connectivity index (χ4v) is 0.621. The summed E-state index contributed by atoms with van der Waals surface area (Å²) < 4.78 is 0. The number of hydrogen-bond acceptors (Lipinski definition) is 3. The van der Waals surface area contributed by atoms with Crippen molar-refractivity contribution in [3.8, 4) is 0 Å². The summed E-state index contributed by atoms with van der Waals surface area (Å²) in [4.78, 5) is 16.9. The van der Waals surface area contributed by atoms with Crippen molar-refractivity contribution >= 4 is 11.9 Å². The van der Waals surface area contributed by atoms with Gasteiger partial charge in [-0.2, -0.15) is 0 Å². The maximum absolute atomic E-state index is 10.8. The lowest BCUT2D eigenvalue weighted by atomic mass is 10.3. The first-order valence-corrected chi connectivity index (χ1v) is 2.71. The molecular formula is C6H7N3O. The predicted octanol–water partition coefficient (Wildman–Crippen LogP) is -0.00490. The quantitative estimate of drug-likeness (QED) is 0.572. The van der Waals surface area contributed by atoms with E-state index in [1.54, 1.807) is 0 Å². The van der Waals surface area contributed by atoms with E-state index in [0.29, 0.717) is 5.56 Å². The first kappa shape index (κ1) is 6.54. The zero-order chi connectivity index (χ0) is 7.56. The third-order valence-electron chi connectivity index (χ3n) is 1.12. The largest absolute Gasteiger partial charge is 0.383 e. The van der Waals surface area contributed by atoms with Crippen molar-refractivity contribution in [2.24, 2.45) is 0 Å². The Kier molecular flexibility index (Phi) is 1.53. The molecule has 0 saturated carbocycles. The summed E-state index contributed by atoms with van der Waals surface area (Å²) >= 11 is 0. The maximum Gasteiger partial charge on any atom is 0.260 e. The van der Waals surface area contributed by atoms with E-state index < -0.39 is 0 Å². The van der Waals surface area contributed by atoms with Crippen LogP contribution in [0.1, 0.15) is 5.56 Å². The van der Waals surface area contributed by atoms with Gasteiger partial charge < -0.3 is 10.7 Å². The zero-order valence-corrected chi connectivity index (χ0v) is 5.29. The van der Waals surface area contributed by atoms with Crippen molar-refractivity contribution in [2.75, 3.05) is 5.73 Å². The van der Waals surface area contributed by atoms with Gasteiger partial charge in [0.1, 0.15) is 5.82 Å². The van der Waals surface area contributed by atoms with Gasteiger partial charge in [-0.25, -0.2) is 4.98 Å². The number of aromatic nitrogens is 2. The van der Waals surface area contributed by atoms with Gasteiger partial charge in [-0.1, -0.05) is 12.7 Å². The molecule has 0 bridgehead atoms. The first-order chi connectivity index (χ1) is 4.75. The van der Waals surface area contributed by atoms with Crippen LogP contribution in [-0.2, 0) is 0 Å². The second-order valence-corrected chi connectivity index (χ2v) is 1.73. The molecule has 0 radical (unpaired) electrons. The van der Waals surface area contributed by atoms with Crippen molar-refractivity contribution in [3.63, 3.8) is 0 Å². The molecule has 0 aliphatic heterocycles. The van der Waals surface area contributed by atoms with Gasteiger partial charge in [0.25, 0.3) is 5.56 Å². The molecule has 0 fully saturated rings. The monoisotopic (exact) mass is 137 g/mol. The molecule has 0 atom stereocenters. The van der Waals surface area contributed by atoms with Crippen LogP contribution in [0.4, 0.5) is 5.82 Å². The lowest BCUT2D eigenvalue weighted by Crippen LogP contribution is -2.12. The van der Waals surface area contributed by atoms with E-state index in [1.165, 1.54) is 12.4 Å². The Balaban J connectivity index is 3.45. The van der Waals surface area contributed by atoms with Crippen molar-refractivity contribution in [1.82, 2.24) is 9.97 Å². The van der Waals surface area contributed by atoms with Crippen molar-refractivity contribution in [3.05, 3.63) is 28.8 Å². The summed E-state index contributed by atoms with van der Waals surface area (Å²) in [7, 11) is 0. The Morgan fingerprint density at radius 2 is 2.50 bits per heavy atom. The average Bonchev–Trinajstić information content (AvgIpc) is 1.88. The predicted molar refractivity (Wildman–Crippen MR) is 39.4 cm³/mol. The van der Waals surface area contributed by atoms with E-state index in [0.717, 1.165) is 0 Å². The molecule has 1 rings (SSSR count). The Hall–Kier alpha value is -1.58. The minimum absolute atomic E-state index is 0.207. The van der Waals surface area contributed by atoms with Crippen LogP contribution < -0.4 is 11.3 Å². The molecule has 1 aromatic heterocycles. The van der Waals surface area contributed by atoms with Gasteiger partial charge in [0.2, 0.25) is 0 Å². The summed E-state index contributed by atoms with van der Waals surface area (Å²) in [5, 5.41) is 0. The SMILES string of the molecule is C=Cc1c(N)nc[nH]c1=O. The van der Waals surface area contributed by atoms with E-state index in [9.17, 15) is 4.79 Å². The van der Waals surface area contributed by atoms with Crippen LogP contribution in [0.5, 0.6) is 0 Å². The van der Waals surface area contributed by atoms with Crippen LogP contribution >= 0.6 is 0 Å². The molecule has 0 aliphatic carbocycles. The highest BCUT2D eigenvalue weighted by Crippen LogP contribution is 1.99. The van der Waals surface area contributed by atoms with Crippen LogP contribution in [-0.4, -0.2) is 9.97 Å². The van der Waals surface area contributed by atoms with Gasteiger partial charge in [-0.15, -0.1) is 0 Å². The molecule has 0 aromatic carbocycles. The summed E-state index contributed by atoms with van der Waals surface area (Å²) in [6.45, 7) is 3.41. The molecule has 0 saturated heterocycles. The second-order valence-electron chi connectivity index (χ2n) is 1.73. The number of nitrogens with two attached hydrogens (primary N) is 1. The van der Waals surface area contributed by atoms with Crippen LogP contribution in [0.25, 0.3) is 6.08 Å². The summed E-state index contributed by atoms with van der Waals surface area (Å²) in [6, 6.07) is 0. The fraction of sp³-hybridized carbons (Fsp3) is 0. The lowest BCUT2D eigenvalue weighted by Gasteiger charge is -1.93. The Labute approximate surface area is 57.4 Å². The standard InChI is InChI=1S/C6H7N3O/c1-2-4-5(7)8-3-9-6(4)10/h2-3H,1H2,(H3,7,8,9,10). The lowest BCUT2D eigenvalue weighted by molar-refractivity contribution is 1.12. The number of anilines is 1. The Morgan fingerprint density at radius 3 is 2.90 bits per heavy atom. The number of H-pyrrole nitrogens is 1. The van der Waals surface area contributed by atoms with E-state index in [2.05, 4.69) is 16.5 Å². The number of nitrogen functional groups attached to an aromatic ring is 1. The Morgan fingerprint density at radius 1 is 1.80 bits per heavy atom. The van der Waals surface area contributed by atoms with Crippen LogP contribution in [0.15, 0.2) is 17.7 Å². The molecular weight excluding hydrogens is 130 g/mol. The highest BCUT2D eigenvalue weighted by molar-refractivity contribution is 5.57. The number of aromatic amines is 1. The van der Waals surface area contributed by atoms with Gasteiger partial charge in [-0.3, -0.25) is 4.79 Å². The second kappa shape index (κ2) is 2.34. The highest BCUT2D eigenvalue weighted by atomic mass is 16.1. The van der Waals surface area contributed by atoms with Gasteiger partial charge in [-0.05, 0) is 0 Å². The molecule has 0 amide bonds. The van der Waals surface area contributed by atoms with E-state index in [4.69, 9.17) is 5.73 Å². The highest BCUT2D eigenvalue weighted by Gasteiger charge is 1.97. The molecule has 1 aromatic rings. The summed E-state index contributed by atoms with van der Waals surface area (Å²) in [6.07, 6.45) is 2.63. The fourth-order valence-electron chi connectivity index (χ4n) is 0.621. The average molecular weight is 137 g/mol. The number of nitrogens with one attached hydrogen (secondary N) is 1. The Bertz CT molecular complexity index is 302. The molecule has 3 N–H and O–H groups in total. The molecule has 0 aliphatic rings. The van der Waals surface area contributed by atoms with Crippen LogP contribution in [0, 0.1) is 0 Å². The minimum atomic E-state index is -0.262. The number of hydrogen-bond donors (Lipinski definition) is 2. The third kappa shape index (κ3) is 0.907. The molecule has 52 valence electrons. The van der Waals surface area contributed by atoms with Gasteiger partial charge in [0.15, 0.2) is 0 Å². The normalized spacial score (nSPS) is 9.20. The molecule has 10 heavy (non-hydrogen) atoms. The topological polar surface area (TPSA) is 71.8 Å². The van der Waals surface area contributed by atoms with Crippen molar-refractivity contribution in [2.45, 2.75) is 0 Å². The van der Waals surface area contributed by atoms with Crippen LogP contribution in [0.2, 0.25) is 0 Å². The molecule has 4 heteroatoms.